The van der Waals surface area contributed by atoms with Crippen LogP contribution >= 0.6 is 0 Å². The van der Waals surface area contributed by atoms with Crippen molar-refractivity contribution in [2.45, 2.75) is 0 Å². The molecule has 0 aromatic carbocycles. The summed E-state index contributed by atoms with van der Waals surface area (Å²) in [6.07, 6.45) is 0. The van der Waals surface area contributed by atoms with Crippen molar-refractivity contribution in [2.24, 2.45) is 0 Å². The van der Waals surface area contributed by atoms with Crippen LogP contribution in [0.15, 0.2) is 0 Å². The normalized spacial score (nSPS) is 5.33. The van der Waals surface area contributed by atoms with Crippen LogP contribution in [0, 0.1) is 38.1 Å². The molecule has 8 nitrogen and oxygen atoms in total. The zero-order valence-electron chi connectivity index (χ0n) is 3.84. The topological polar surface area (TPSA) is 132 Å². The quantitative estimate of drug-likeness (QED) is 0.328. The van der Waals surface area contributed by atoms with E-state index in [1.54, 1.807) is 0 Å². The fourth-order valence-corrected chi connectivity index (χ4v) is 0. The molecule has 0 aliphatic carbocycles. The summed E-state index contributed by atoms with van der Waals surface area (Å²) in [4.78, 5) is 16.5. The minimum Gasteiger partial charge on any atom is -0.356 e. The first-order chi connectivity index (χ1) is 3.46. The predicted molar refractivity (Wildman–Crippen MR) is 24.0 cm³/mol. The second-order valence-corrected chi connectivity index (χ2v) is 0.447. The van der Waals surface area contributed by atoms with Gasteiger partial charge in [-0.15, -0.1) is 0 Å². The van der Waals surface area contributed by atoms with E-state index >= 15 is 0 Å². The first kappa shape index (κ1) is 15.7. The van der Waals surface area contributed by atoms with Crippen LogP contribution in [-0.4, -0.2) is 10.2 Å². The van der Waals surface area contributed by atoms with Gasteiger partial charge in [0.25, 0.3) is 0 Å². The van der Waals surface area contributed by atoms with Gasteiger partial charge in [-0.3, -0.25) is 0 Å². The molecule has 9 heavy (non-hydrogen) atoms. The Labute approximate surface area is 49.6 Å². The lowest BCUT2D eigenvalue weighted by atomic mass is 12.0. The largest absolute Gasteiger partial charge is 2.00 e. The van der Waals surface area contributed by atoms with Gasteiger partial charge in [-0.1, -0.05) is 0 Å². The van der Waals surface area contributed by atoms with E-state index in [-0.39, 0.29) is 7.43 Å². The second kappa shape index (κ2) is 9.49. The molecular weight excluding hydrogens is 136 g/mol. The summed E-state index contributed by atoms with van der Waals surface area (Å²) in [5, 5.41) is 29.5. The molecule has 50 valence electrons. The van der Waals surface area contributed by atoms with Crippen LogP contribution in [0.2, 0.25) is 0 Å². The fourth-order valence-electron chi connectivity index (χ4n) is 0. The van der Waals surface area contributed by atoms with Crippen molar-refractivity contribution in [1.29, 1.82) is 0 Å². The van der Waals surface area contributed by atoms with Crippen LogP contribution in [0.5, 0.6) is 0 Å². The lowest BCUT2D eigenvalue weighted by Crippen LogP contribution is -1.74. The van der Waals surface area contributed by atoms with Gasteiger partial charge in [0.1, 0.15) is 0 Å². The summed E-state index contributed by atoms with van der Waals surface area (Å²) in [6.45, 7) is 0. The molecule has 0 rings (SSSR count). The molecule has 2 radical (unpaired) electrons. The van der Waals surface area contributed by atoms with E-state index in [2.05, 4.69) is 0 Å². The molecule has 0 aromatic heterocycles. The third kappa shape index (κ3) is 32.6. The highest BCUT2D eigenvalue weighted by atomic mass is 16.9. The minimum atomic E-state index is -1.75. The summed E-state index contributed by atoms with van der Waals surface area (Å²) in [5.41, 5.74) is 0. The van der Waals surface area contributed by atoms with Crippen LogP contribution in [-0.2, 0) is 0 Å². The van der Waals surface area contributed by atoms with Gasteiger partial charge in [0.05, 0.1) is 10.2 Å². The lowest BCUT2D eigenvalue weighted by Gasteiger charge is -1.74. The maximum absolute atomic E-state index is 8.25. The monoisotopic (exact) mass is 136 g/mol. The van der Waals surface area contributed by atoms with Gasteiger partial charge in [-0.2, -0.15) is 0 Å². The zero-order chi connectivity index (χ0) is 7.15. The summed E-state index contributed by atoms with van der Waals surface area (Å²) in [7, 11) is 0. The number of rotatable bonds is 0. The third-order valence-electron chi connectivity index (χ3n) is 0. The molecule has 0 atom stereocenters. The maximum atomic E-state index is 8.25. The van der Waals surface area contributed by atoms with Crippen molar-refractivity contribution in [2.75, 3.05) is 0 Å². The van der Waals surface area contributed by atoms with Gasteiger partial charge in [0, 0.05) is 0 Å². The van der Waals surface area contributed by atoms with Gasteiger partial charge in [0.2, 0.25) is 0 Å². The molecule has 0 amide bonds. The first-order valence-electron chi connectivity index (χ1n) is 1.10. The van der Waals surface area contributed by atoms with Gasteiger partial charge >= 0.3 is 7.43 Å². The van der Waals surface area contributed by atoms with Crippen LogP contribution in [0.25, 0.3) is 0 Å². The average molecular weight is 136 g/mol. The molecule has 0 unspecified atom stereocenters. The molecule has 0 spiro atoms. The third-order valence-corrected chi connectivity index (χ3v) is 0. The highest BCUT2D eigenvalue weighted by molar-refractivity contribution is 4.04. The Bertz CT molecular complexity index is 69.1. The Morgan fingerprint density at radius 2 is 0.778 bits per heavy atom. The van der Waals surface area contributed by atoms with Gasteiger partial charge in [0.15, 0.2) is 0 Å². The van der Waals surface area contributed by atoms with Crippen LogP contribution in [0.4, 0.5) is 0 Å². The smallest absolute Gasteiger partial charge is 0.356 e. The summed E-state index contributed by atoms with van der Waals surface area (Å²) < 4.78 is 0. The Morgan fingerprint density at radius 3 is 0.778 bits per heavy atom. The Balaban J connectivity index is -0.0000000720. The summed E-state index contributed by atoms with van der Waals surface area (Å²) >= 11 is 0. The van der Waals surface area contributed by atoms with E-state index < -0.39 is 10.2 Å². The molecule has 0 N–H and O–H groups in total. The van der Waals surface area contributed by atoms with E-state index in [9.17, 15) is 0 Å². The molecule has 0 aliphatic heterocycles. The van der Waals surface area contributed by atoms with Crippen molar-refractivity contribution in [1.82, 2.24) is 0 Å². The van der Waals surface area contributed by atoms with Gasteiger partial charge < -0.3 is 30.6 Å². The lowest BCUT2D eigenvalue weighted by molar-refractivity contribution is -0.403. The molecular formula is CN2O6. The molecule has 0 aliphatic rings. The highest BCUT2D eigenvalue weighted by Gasteiger charge is 2.00. The number of hydrogen-bond acceptors (Lipinski definition) is 6. The summed E-state index contributed by atoms with van der Waals surface area (Å²) in [5.74, 6) is 0. The van der Waals surface area contributed by atoms with E-state index in [4.69, 9.17) is 30.6 Å². The standard InChI is InChI=1S/C.2NO3/c;2*2-1(3)4/q+2;2*-1. The van der Waals surface area contributed by atoms with E-state index in [0.717, 1.165) is 0 Å². The van der Waals surface area contributed by atoms with Crippen molar-refractivity contribution in [3.05, 3.63) is 38.1 Å². The molecule has 0 heterocycles. The second-order valence-electron chi connectivity index (χ2n) is 0.447. The van der Waals surface area contributed by atoms with Crippen LogP contribution in [0.3, 0.4) is 0 Å². The fraction of sp³-hybridized carbons (Fsp3) is 0. The molecule has 0 aromatic rings. The van der Waals surface area contributed by atoms with E-state index in [1.807, 2.05) is 0 Å². The van der Waals surface area contributed by atoms with Gasteiger partial charge in [-0.25, -0.2) is 0 Å². The highest BCUT2D eigenvalue weighted by Crippen LogP contribution is 1.44. The van der Waals surface area contributed by atoms with Crippen LogP contribution in [0.1, 0.15) is 0 Å². The van der Waals surface area contributed by atoms with Crippen molar-refractivity contribution >= 4 is 0 Å². The SMILES string of the molecule is O=[N+]([O-])[O-].O=[N+]([O-])[O-].[C+2]. The number of nitrogens with zero attached hydrogens (tertiary/aromatic N) is 2. The average Bonchev–Trinajstić information content (AvgIpc) is 1.25. The Hall–Kier alpha value is -1.82. The molecule has 0 saturated heterocycles. The van der Waals surface area contributed by atoms with E-state index in [0.29, 0.717) is 0 Å². The molecule has 0 fully saturated rings. The Kier molecular flexibility index (Phi) is 16.6. The molecule has 0 saturated carbocycles. The van der Waals surface area contributed by atoms with Crippen LogP contribution < -0.4 is 0 Å². The van der Waals surface area contributed by atoms with Crippen molar-refractivity contribution < 1.29 is 10.2 Å². The van der Waals surface area contributed by atoms with Crippen molar-refractivity contribution in [3.8, 4) is 0 Å². The predicted octanol–water partition coefficient (Wildman–Crippen LogP) is -0.397. The van der Waals surface area contributed by atoms with E-state index in [1.165, 1.54) is 0 Å². The minimum absolute atomic E-state index is 0. The molecule has 8 heteroatoms. The number of hydrogen-bond donors (Lipinski definition) is 0. The van der Waals surface area contributed by atoms with Gasteiger partial charge in [-0.05, 0) is 0 Å². The Morgan fingerprint density at radius 1 is 0.778 bits per heavy atom. The zero-order valence-corrected chi connectivity index (χ0v) is 3.84. The molecule has 0 bridgehead atoms. The summed E-state index contributed by atoms with van der Waals surface area (Å²) in [6, 6.07) is 0. The maximum Gasteiger partial charge on any atom is 2.00 e. The van der Waals surface area contributed by atoms with Crippen molar-refractivity contribution in [3.63, 3.8) is 0 Å². The first-order valence-corrected chi connectivity index (χ1v) is 1.10.